The minimum absolute atomic E-state index is 0.0626. The van der Waals surface area contributed by atoms with Gasteiger partial charge in [-0.2, -0.15) is 0 Å². The summed E-state index contributed by atoms with van der Waals surface area (Å²) >= 11 is 0. The van der Waals surface area contributed by atoms with Gasteiger partial charge in [0, 0.05) is 33.1 Å². The first kappa shape index (κ1) is 19.5. The number of carbonyl (C=O) groups is 2. The highest BCUT2D eigenvalue weighted by Crippen LogP contribution is 2.43. The second-order valence-electron chi connectivity index (χ2n) is 7.35. The van der Waals surface area contributed by atoms with Gasteiger partial charge < -0.3 is 19.5 Å². The van der Waals surface area contributed by atoms with Crippen LogP contribution in [0.3, 0.4) is 0 Å². The molecule has 7 heteroatoms. The predicted molar refractivity (Wildman–Crippen MR) is 99.9 cm³/mol. The number of carboxylic acid groups (broad SMARTS) is 1. The lowest BCUT2D eigenvalue weighted by Gasteiger charge is -2.45. The lowest BCUT2D eigenvalue weighted by atomic mass is 9.77. The Balaban J connectivity index is 1.68. The molecule has 3 rings (SSSR count). The third-order valence-corrected chi connectivity index (χ3v) is 6.02. The van der Waals surface area contributed by atoms with Gasteiger partial charge in [0.2, 0.25) is 5.91 Å². The first-order valence-corrected chi connectivity index (χ1v) is 9.43. The number of benzene rings is 1. The molecule has 1 aromatic rings. The van der Waals surface area contributed by atoms with Crippen molar-refractivity contribution in [2.75, 3.05) is 33.9 Å². The van der Waals surface area contributed by atoms with Gasteiger partial charge in [-0.15, -0.1) is 0 Å². The molecule has 2 fully saturated rings. The first-order chi connectivity index (χ1) is 12.9. The lowest BCUT2D eigenvalue weighted by molar-refractivity contribution is -0.146. The standard InChI is InChI=1S/C20H28N2O5/c1-4-27-17-11-14(5-6-16(17)26-3)13-22-9-7-20(8-10-22)15(19(24)25)12-18(23)21(20)2/h5-6,11,15H,4,7-10,12-13H2,1-3H3,(H,24,25)/t15-/m1/s1. The molecule has 0 aromatic heterocycles. The molecule has 0 unspecified atom stereocenters. The van der Waals surface area contributed by atoms with Crippen molar-refractivity contribution in [1.82, 2.24) is 9.80 Å². The molecule has 1 amide bonds. The molecule has 2 aliphatic heterocycles. The van der Waals surface area contributed by atoms with E-state index < -0.39 is 17.4 Å². The Morgan fingerprint density at radius 1 is 1.30 bits per heavy atom. The Kier molecular flexibility index (Phi) is 5.60. The third-order valence-electron chi connectivity index (χ3n) is 6.02. The maximum Gasteiger partial charge on any atom is 0.309 e. The van der Waals surface area contributed by atoms with E-state index >= 15 is 0 Å². The van der Waals surface area contributed by atoms with Crippen molar-refractivity contribution in [3.63, 3.8) is 0 Å². The zero-order chi connectivity index (χ0) is 19.6. The molecule has 148 valence electrons. The molecule has 0 radical (unpaired) electrons. The summed E-state index contributed by atoms with van der Waals surface area (Å²) in [6, 6.07) is 5.94. The molecule has 2 heterocycles. The molecular weight excluding hydrogens is 348 g/mol. The number of likely N-dealkylation sites (tertiary alicyclic amines) is 2. The van der Waals surface area contributed by atoms with Gasteiger partial charge in [0.15, 0.2) is 11.5 Å². The molecular formula is C20H28N2O5. The van der Waals surface area contributed by atoms with Crippen molar-refractivity contribution in [2.45, 2.75) is 38.3 Å². The number of aliphatic carboxylic acids is 1. The summed E-state index contributed by atoms with van der Waals surface area (Å²) in [5.41, 5.74) is 0.580. The van der Waals surface area contributed by atoms with Crippen LogP contribution in [0.25, 0.3) is 0 Å². The summed E-state index contributed by atoms with van der Waals surface area (Å²) in [7, 11) is 3.37. The van der Waals surface area contributed by atoms with Gasteiger partial charge in [-0.3, -0.25) is 14.5 Å². The lowest BCUT2D eigenvalue weighted by Crippen LogP contribution is -2.55. The maximum absolute atomic E-state index is 12.1. The van der Waals surface area contributed by atoms with Crippen molar-refractivity contribution in [2.24, 2.45) is 5.92 Å². The smallest absolute Gasteiger partial charge is 0.309 e. The molecule has 27 heavy (non-hydrogen) atoms. The SMILES string of the molecule is CCOc1cc(CN2CCC3(CC2)[C@@H](C(=O)O)CC(=O)N3C)ccc1OC. The topological polar surface area (TPSA) is 79.3 Å². The molecule has 0 aliphatic carbocycles. The van der Waals surface area contributed by atoms with E-state index in [2.05, 4.69) is 4.90 Å². The summed E-state index contributed by atoms with van der Waals surface area (Å²) in [6.45, 7) is 4.79. The van der Waals surface area contributed by atoms with Crippen LogP contribution in [-0.4, -0.2) is 66.2 Å². The molecule has 1 N–H and O–H groups in total. The zero-order valence-corrected chi connectivity index (χ0v) is 16.2. The van der Waals surface area contributed by atoms with E-state index in [0.29, 0.717) is 25.2 Å². The summed E-state index contributed by atoms with van der Waals surface area (Å²) in [5, 5.41) is 9.58. The predicted octanol–water partition coefficient (Wildman–Crippen LogP) is 1.99. The average Bonchev–Trinajstić information content (AvgIpc) is 2.90. The van der Waals surface area contributed by atoms with Crippen LogP contribution >= 0.6 is 0 Å². The first-order valence-electron chi connectivity index (χ1n) is 9.43. The van der Waals surface area contributed by atoms with Crippen molar-refractivity contribution in [3.8, 4) is 11.5 Å². The highest BCUT2D eigenvalue weighted by atomic mass is 16.5. The second-order valence-corrected chi connectivity index (χ2v) is 7.35. The van der Waals surface area contributed by atoms with E-state index in [1.54, 1.807) is 19.1 Å². The monoisotopic (exact) mass is 376 g/mol. The van der Waals surface area contributed by atoms with Gasteiger partial charge in [-0.1, -0.05) is 6.07 Å². The van der Waals surface area contributed by atoms with Crippen LogP contribution in [0.2, 0.25) is 0 Å². The van der Waals surface area contributed by atoms with E-state index in [1.807, 2.05) is 25.1 Å². The highest BCUT2D eigenvalue weighted by Gasteiger charge is 2.55. The molecule has 2 aliphatic rings. The number of amides is 1. The van der Waals surface area contributed by atoms with Crippen LogP contribution in [0.1, 0.15) is 31.7 Å². The van der Waals surface area contributed by atoms with Crippen LogP contribution in [-0.2, 0) is 16.1 Å². The minimum Gasteiger partial charge on any atom is -0.493 e. The van der Waals surface area contributed by atoms with E-state index in [1.165, 1.54) is 0 Å². The number of carbonyl (C=O) groups excluding carboxylic acids is 1. The van der Waals surface area contributed by atoms with E-state index in [-0.39, 0.29) is 12.3 Å². The Morgan fingerprint density at radius 2 is 2.00 bits per heavy atom. The number of ether oxygens (including phenoxy) is 2. The summed E-state index contributed by atoms with van der Waals surface area (Å²) in [5.74, 6) is -0.0839. The number of hydrogen-bond acceptors (Lipinski definition) is 5. The Hall–Kier alpha value is -2.28. The van der Waals surface area contributed by atoms with Crippen LogP contribution in [0.4, 0.5) is 0 Å². The van der Waals surface area contributed by atoms with Crippen LogP contribution < -0.4 is 9.47 Å². The minimum atomic E-state index is -0.863. The molecule has 0 bridgehead atoms. The van der Waals surface area contributed by atoms with Gasteiger partial charge in [0.05, 0.1) is 25.2 Å². The van der Waals surface area contributed by atoms with E-state index in [0.717, 1.165) is 30.9 Å². The van der Waals surface area contributed by atoms with Crippen molar-refractivity contribution in [3.05, 3.63) is 23.8 Å². The van der Waals surface area contributed by atoms with Crippen molar-refractivity contribution in [1.29, 1.82) is 0 Å². The van der Waals surface area contributed by atoms with Crippen LogP contribution in [0, 0.1) is 5.92 Å². The summed E-state index contributed by atoms with van der Waals surface area (Å²) in [4.78, 5) is 27.8. The number of piperidine rings is 1. The average molecular weight is 376 g/mol. The number of carboxylic acids is 1. The Bertz CT molecular complexity index is 712. The molecule has 1 aromatic carbocycles. The number of methoxy groups -OCH3 is 1. The summed E-state index contributed by atoms with van der Waals surface area (Å²) in [6.07, 6.45) is 1.48. The molecule has 1 spiro atoms. The highest BCUT2D eigenvalue weighted by molar-refractivity contribution is 5.88. The fourth-order valence-electron chi connectivity index (χ4n) is 4.43. The number of nitrogens with zero attached hydrogens (tertiary/aromatic N) is 2. The molecule has 2 saturated heterocycles. The van der Waals surface area contributed by atoms with Gasteiger partial charge in [-0.25, -0.2) is 0 Å². The van der Waals surface area contributed by atoms with E-state index in [4.69, 9.17) is 9.47 Å². The fraction of sp³-hybridized carbons (Fsp3) is 0.600. The van der Waals surface area contributed by atoms with E-state index in [9.17, 15) is 14.7 Å². The van der Waals surface area contributed by atoms with Crippen molar-refractivity contribution < 1.29 is 24.2 Å². The number of rotatable bonds is 6. The maximum atomic E-state index is 12.1. The summed E-state index contributed by atoms with van der Waals surface area (Å²) < 4.78 is 11.0. The number of hydrogen-bond donors (Lipinski definition) is 1. The largest absolute Gasteiger partial charge is 0.493 e. The van der Waals surface area contributed by atoms with Gasteiger partial charge in [-0.05, 0) is 37.5 Å². The van der Waals surface area contributed by atoms with Gasteiger partial charge >= 0.3 is 5.97 Å². The molecule has 1 atom stereocenters. The third kappa shape index (κ3) is 3.60. The van der Waals surface area contributed by atoms with Crippen LogP contribution in [0.15, 0.2) is 18.2 Å². The Morgan fingerprint density at radius 3 is 2.59 bits per heavy atom. The quantitative estimate of drug-likeness (QED) is 0.818. The zero-order valence-electron chi connectivity index (χ0n) is 16.2. The molecule has 7 nitrogen and oxygen atoms in total. The van der Waals surface area contributed by atoms with Gasteiger partial charge in [0.1, 0.15) is 0 Å². The van der Waals surface area contributed by atoms with Crippen molar-refractivity contribution >= 4 is 11.9 Å². The fourth-order valence-corrected chi connectivity index (χ4v) is 4.43. The normalized spacial score (nSPS) is 22.3. The van der Waals surface area contributed by atoms with Crippen LogP contribution in [0.5, 0.6) is 11.5 Å². The van der Waals surface area contributed by atoms with Gasteiger partial charge in [0.25, 0.3) is 0 Å². The Labute approximate surface area is 159 Å². The second kappa shape index (κ2) is 7.76. The molecule has 0 saturated carbocycles.